The lowest BCUT2D eigenvalue weighted by Gasteiger charge is -2.14. The lowest BCUT2D eigenvalue weighted by Crippen LogP contribution is -2.23. The topological polar surface area (TPSA) is 101 Å². The third-order valence-electron chi connectivity index (χ3n) is 5.73. The van der Waals surface area contributed by atoms with E-state index in [9.17, 15) is 18.0 Å². The van der Waals surface area contributed by atoms with Crippen LogP contribution < -0.4 is 10.9 Å². The summed E-state index contributed by atoms with van der Waals surface area (Å²) >= 11 is 6.76. The number of anilines is 1. The Kier molecular flexibility index (Phi) is 8.13. The molecule has 0 fully saturated rings. The molecule has 0 aliphatic rings. The molecule has 0 bridgehead atoms. The van der Waals surface area contributed by atoms with Crippen molar-refractivity contribution in [3.8, 4) is 5.69 Å². The van der Waals surface area contributed by atoms with E-state index >= 15 is 0 Å². The highest BCUT2D eigenvalue weighted by molar-refractivity contribution is 7.94. The monoisotopic (exact) mass is 558 g/mol. The maximum atomic E-state index is 13.3. The summed E-state index contributed by atoms with van der Waals surface area (Å²) in [5.41, 5.74) is 2.59. The Hall–Kier alpha value is -3.05. The summed E-state index contributed by atoms with van der Waals surface area (Å²) in [6, 6.07) is 15.3. The summed E-state index contributed by atoms with van der Waals surface area (Å²) in [5, 5.41) is 3.84. The molecule has 0 atom stereocenters. The van der Waals surface area contributed by atoms with Crippen LogP contribution in [0, 0.1) is 6.92 Å². The number of hydrogen-bond donors (Lipinski definition) is 1. The fraction of sp³-hybridized carbons (Fsp3) is 0.269. The number of ketones is 1. The lowest BCUT2D eigenvalue weighted by atomic mass is 10.1. The molecule has 2 heterocycles. The zero-order valence-corrected chi connectivity index (χ0v) is 23.1. The molecule has 11 heteroatoms. The summed E-state index contributed by atoms with van der Waals surface area (Å²) in [5.74, 6) is -0.481. The zero-order valence-electron chi connectivity index (χ0n) is 20.7. The molecular weight excluding hydrogens is 532 g/mol. The molecule has 2 aromatic heterocycles. The van der Waals surface area contributed by atoms with E-state index in [1.807, 2.05) is 26.2 Å². The maximum absolute atomic E-state index is 13.3. The number of nitrogens with one attached hydrogen (secondary N) is 1. The minimum atomic E-state index is -3.73. The summed E-state index contributed by atoms with van der Waals surface area (Å²) in [7, 11) is 0.285. The van der Waals surface area contributed by atoms with Crippen molar-refractivity contribution in [3.63, 3.8) is 0 Å². The van der Waals surface area contributed by atoms with Crippen LogP contribution in [0.25, 0.3) is 16.6 Å². The van der Waals surface area contributed by atoms with Gasteiger partial charge in [-0.05, 0) is 69.0 Å². The molecule has 0 aliphatic carbocycles. The molecule has 8 nitrogen and oxygen atoms in total. The third-order valence-corrected chi connectivity index (χ3v) is 9.22. The number of sulfone groups is 1. The number of nitrogens with zero attached hydrogens (tertiary/aromatic N) is 3. The number of hydrogen-bond acceptors (Lipinski definition) is 8. The number of carbonyl (C=O) groups excluding carboxylic acids is 1. The molecule has 0 spiro atoms. The second-order valence-corrected chi connectivity index (χ2v) is 12.9. The van der Waals surface area contributed by atoms with Crippen molar-refractivity contribution in [2.45, 2.75) is 17.6 Å². The van der Waals surface area contributed by atoms with E-state index in [1.165, 1.54) is 16.7 Å². The molecular formula is C26H27ClN4O4S2. The lowest BCUT2D eigenvalue weighted by molar-refractivity contribution is -0.116. The van der Waals surface area contributed by atoms with Crippen LogP contribution >= 0.6 is 22.9 Å². The average Bonchev–Trinajstić information content (AvgIpc) is 3.27. The number of aromatic nitrogens is 2. The van der Waals surface area contributed by atoms with Gasteiger partial charge in [0.05, 0.1) is 20.9 Å². The van der Waals surface area contributed by atoms with Crippen molar-refractivity contribution in [3.05, 3.63) is 80.7 Å². The first kappa shape index (κ1) is 27.0. The van der Waals surface area contributed by atoms with Gasteiger partial charge in [0.25, 0.3) is 5.56 Å². The molecule has 0 saturated carbocycles. The molecule has 2 aromatic carbocycles. The van der Waals surface area contributed by atoms with E-state index in [0.717, 1.165) is 30.1 Å². The quantitative estimate of drug-likeness (QED) is 0.314. The van der Waals surface area contributed by atoms with Crippen LogP contribution in [-0.4, -0.2) is 61.6 Å². The molecule has 0 unspecified atom stereocenters. The summed E-state index contributed by atoms with van der Waals surface area (Å²) < 4.78 is 26.9. The van der Waals surface area contributed by atoms with Crippen LogP contribution in [0.3, 0.4) is 0 Å². The number of carbonyl (C=O) groups is 1. The van der Waals surface area contributed by atoms with Crippen LogP contribution in [0.1, 0.15) is 11.4 Å². The SMILES string of the molecule is Cc1nc2cc(NCCN(C)C)ccc2c(=O)n1-c1ccc(CC(=O)CS(=O)(=O)c2ccc(Cl)s2)cc1. The van der Waals surface area contributed by atoms with Crippen molar-refractivity contribution < 1.29 is 13.2 Å². The van der Waals surface area contributed by atoms with E-state index in [4.69, 9.17) is 11.6 Å². The first-order valence-corrected chi connectivity index (χ1v) is 14.4. The molecule has 4 aromatic rings. The van der Waals surface area contributed by atoms with Gasteiger partial charge in [-0.1, -0.05) is 23.7 Å². The Morgan fingerprint density at radius 2 is 1.84 bits per heavy atom. The van der Waals surface area contributed by atoms with Crippen LogP contribution in [0.5, 0.6) is 0 Å². The van der Waals surface area contributed by atoms with Gasteiger partial charge in [0.2, 0.25) is 0 Å². The van der Waals surface area contributed by atoms with Gasteiger partial charge >= 0.3 is 0 Å². The fourth-order valence-electron chi connectivity index (χ4n) is 3.92. The highest BCUT2D eigenvalue weighted by Gasteiger charge is 2.21. The second kappa shape index (κ2) is 11.1. The number of benzene rings is 2. The molecule has 37 heavy (non-hydrogen) atoms. The molecule has 4 rings (SSSR count). The Morgan fingerprint density at radius 1 is 1.11 bits per heavy atom. The van der Waals surface area contributed by atoms with Gasteiger partial charge in [0.15, 0.2) is 15.6 Å². The van der Waals surface area contributed by atoms with Crippen molar-refractivity contribution in [2.75, 3.05) is 38.3 Å². The van der Waals surface area contributed by atoms with E-state index in [2.05, 4.69) is 15.2 Å². The Labute approximate surface area is 224 Å². The molecule has 0 radical (unpaired) electrons. The van der Waals surface area contributed by atoms with Crippen LogP contribution in [-0.2, 0) is 21.1 Å². The first-order valence-electron chi connectivity index (χ1n) is 11.5. The van der Waals surface area contributed by atoms with Gasteiger partial charge in [0, 0.05) is 25.2 Å². The summed E-state index contributed by atoms with van der Waals surface area (Å²) in [6.45, 7) is 3.43. The van der Waals surface area contributed by atoms with Gasteiger partial charge in [0.1, 0.15) is 15.8 Å². The number of halogens is 1. The van der Waals surface area contributed by atoms with E-state index < -0.39 is 21.4 Å². The average molecular weight is 559 g/mol. The van der Waals surface area contributed by atoms with Crippen molar-refractivity contribution >= 4 is 55.1 Å². The minimum absolute atomic E-state index is 0.0356. The second-order valence-electron chi connectivity index (χ2n) is 8.96. The fourth-order valence-corrected chi connectivity index (χ4v) is 6.74. The third kappa shape index (κ3) is 6.45. The van der Waals surface area contributed by atoms with Crippen molar-refractivity contribution in [1.29, 1.82) is 0 Å². The van der Waals surface area contributed by atoms with Crippen LogP contribution in [0.2, 0.25) is 4.34 Å². The largest absolute Gasteiger partial charge is 0.384 e. The highest BCUT2D eigenvalue weighted by Crippen LogP contribution is 2.26. The molecule has 1 N–H and O–H groups in total. The van der Waals surface area contributed by atoms with Crippen LogP contribution in [0.15, 0.2) is 63.6 Å². The summed E-state index contributed by atoms with van der Waals surface area (Å²) in [6.07, 6.45) is -0.0356. The first-order chi connectivity index (χ1) is 17.5. The van der Waals surface area contributed by atoms with E-state index in [1.54, 1.807) is 37.3 Å². The Bertz CT molecular complexity index is 1610. The Balaban J connectivity index is 1.50. The normalized spacial score (nSPS) is 11.8. The van der Waals surface area contributed by atoms with Gasteiger partial charge in [-0.2, -0.15) is 0 Å². The predicted octanol–water partition coefficient (Wildman–Crippen LogP) is 3.97. The van der Waals surface area contributed by atoms with Gasteiger partial charge in [-0.15, -0.1) is 11.3 Å². The predicted molar refractivity (Wildman–Crippen MR) is 149 cm³/mol. The van der Waals surface area contributed by atoms with E-state index in [0.29, 0.717) is 32.3 Å². The minimum Gasteiger partial charge on any atom is -0.384 e. The molecule has 0 amide bonds. The van der Waals surface area contributed by atoms with Crippen molar-refractivity contribution in [1.82, 2.24) is 14.5 Å². The zero-order chi connectivity index (χ0) is 26.7. The van der Waals surface area contributed by atoms with Crippen LogP contribution in [0.4, 0.5) is 5.69 Å². The number of likely N-dealkylation sites (N-methyl/N-ethyl adjacent to an activating group) is 1. The number of aryl methyl sites for hydroxylation is 1. The smallest absolute Gasteiger partial charge is 0.265 e. The molecule has 0 aliphatic heterocycles. The summed E-state index contributed by atoms with van der Waals surface area (Å²) in [4.78, 5) is 32.5. The van der Waals surface area contributed by atoms with Crippen molar-refractivity contribution in [2.24, 2.45) is 0 Å². The number of rotatable bonds is 10. The molecule has 0 saturated heterocycles. The maximum Gasteiger partial charge on any atom is 0.265 e. The number of Topliss-reactive ketones (excluding diaryl/α,β-unsaturated/α-hetero) is 1. The number of fused-ring (bicyclic) bond motifs is 1. The highest BCUT2D eigenvalue weighted by atomic mass is 35.5. The standard InChI is InChI=1S/C26H27ClN4O4S2/c1-17-29-23-15-19(28-12-13-30(2)3)6-9-22(23)26(33)31(17)20-7-4-18(5-8-20)14-21(32)16-37(34,35)25-11-10-24(27)36-25/h4-11,15,28H,12-14,16H2,1-3H3. The Morgan fingerprint density at radius 3 is 2.49 bits per heavy atom. The van der Waals surface area contributed by atoms with E-state index in [-0.39, 0.29) is 16.2 Å². The number of thiophene rings is 1. The van der Waals surface area contributed by atoms with Gasteiger partial charge in [-0.25, -0.2) is 13.4 Å². The van der Waals surface area contributed by atoms with Gasteiger partial charge in [-0.3, -0.25) is 14.2 Å². The van der Waals surface area contributed by atoms with Gasteiger partial charge < -0.3 is 10.2 Å². The molecule has 194 valence electrons.